The van der Waals surface area contributed by atoms with Crippen LogP contribution in [-0.2, 0) is 9.59 Å². The highest BCUT2D eigenvalue weighted by Crippen LogP contribution is 2.33. The van der Waals surface area contributed by atoms with Crippen LogP contribution in [0.25, 0.3) is 6.08 Å². The maximum atomic E-state index is 12.4. The van der Waals surface area contributed by atoms with Crippen molar-refractivity contribution in [1.29, 1.82) is 0 Å². The molecule has 0 aliphatic carbocycles. The van der Waals surface area contributed by atoms with Gasteiger partial charge in [-0.15, -0.1) is 0 Å². The minimum atomic E-state index is -0.876. The standard InChI is InChI=1S/C16H17NO4S2/c1-2-21-12-6-3-5-11(9-12)10-13-15(20)17(16(22)23-13)8-4-7-14(18)19/h3,5-6,9-10H,2,4,7-8H2,1H3,(H,18,19). The summed E-state index contributed by atoms with van der Waals surface area (Å²) in [4.78, 5) is 24.9. The van der Waals surface area contributed by atoms with E-state index in [9.17, 15) is 9.59 Å². The van der Waals surface area contributed by atoms with Gasteiger partial charge in [0.15, 0.2) is 0 Å². The van der Waals surface area contributed by atoms with E-state index in [-0.39, 0.29) is 12.3 Å². The van der Waals surface area contributed by atoms with Crippen molar-refractivity contribution >= 4 is 46.3 Å². The molecule has 122 valence electrons. The van der Waals surface area contributed by atoms with E-state index in [1.807, 2.05) is 31.2 Å². The van der Waals surface area contributed by atoms with Crippen LogP contribution in [0.3, 0.4) is 0 Å². The molecule has 5 nitrogen and oxygen atoms in total. The van der Waals surface area contributed by atoms with E-state index in [4.69, 9.17) is 22.1 Å². The van der Waals surface area contributed by atoms with E-state index in [0.29, 0.717) is 28.8 Å². The maximum absolute atomic E-state index is 12.4. The summed E-state index contributed by atoms with van der Waals surface area (Å²) in [7, 11) is 0. The highest BCUT2D eigenvalue weighted by Gasteiger charge is 2.31. The number of carbonyl (C=O) groups excluding carboxylic acids is 1. The van der Waals surface area contributed by atoms with E-state index in [0.717, 1.165) is 11.3 Å². The fraction of sp³-hybridized carbons (Fsp3) is 0.312. The molecule has 0 unspecified atom stereocenters. The minimum absolute atomic E-state index is 0.0203. The molecule has 1 aromatic rings. The predicted octanol–water partition coefficient (Wildman–Crippen LogP) is 3.15. The average molecular weight is 351 g/mol. The first-order chi connectivity index (χ1) is 11.0. The van der Waals surface area contributed by atoms with Gasteiger partial charge in [0, 0.05) is 13.0 Å². The van der Waals surface area contributed by atoms with Crippen molar-refractivity contribution in [3.63, 3.8) is 0 Å². The number of rotatable bonds is 7. The molecule has 1 fully saturated rings. The first kappa shape index (κ1) is 17.5. The predicted molar refractivity (Wildman–Crippen MR) is 94.4 cm³/mol. The second kappa shape index (κ2) is 8.12. The van der Waals surface area contributed by atoms with Crippen LogP contribution in [-0.4, -0.2) is 39.4 Å². The number of benzene rings is 1. The van der Waals surface area contributed by atoms with E-state index < -0.39 is 5.97 Å². The number of aliphatic carboxylic acids is 1. The van der Waals surface area contributed by atoms with Gasteiger partial charge in [-0.05, 0) is 37.1 Å². The van der Waals surface area contributed by atoms with Crippen molar-refractivity contribution in [2.24, 2.45) is 0 Å². The second-order valence-electron chi connectivity index (χ2n) is 4.84. The molecule has 7 heteroatoms. The van der Waals surface area contributed by atoms with Gasteiger partial charge < -0.3 is 9.84 Å². The molecule has 0 atom stereocenters. The quantitative estimate of drug-likeness (QED) is 0.601. The summed E-state index contributed by atoms with van der Waals surface area (Å²) in [6.07, 6.45) is 2.18. The second-order valence-corrected chi connectivity index (χ2v) is 6.51. The summed E-state index contributed by atoms with van der Waals surface area (Å²) < 4.78 is 5.91. The molecular formula is C16H17NO4S2. The molecule has 1 aromatic carbocycles. The molecule has 0 saturated carbocycles. The lowest BCUT2D eigenvalue weighted by molar-refractivity contribution is -0.137. The zero-order valence-electron chi connectivity index (χ0n) is 12.7. The Hall–Kier alpha value is -1.86. The Labute approximate surface area is 144 Å². The molecular weight excluding hydrogens is 334 g/mol. The van der Waals surface area contributed by atoms with Crippen molar-refractivity contribution in [2.75, 3.05) is 13.2 Å². The number of hydrogen-bond donors (Lipinski definition) is 1. The lowest BCUT2D eigenvalue weighted by atomic mass is 10.2. The van der Waals surface area contributed by atoms with Gasteiger partial charge in [-0.2, -0.15) is 0 Å². The third-order valence-corrected chi connectivity index (χ3v) is 4.49. The summed E-state index contributed by atoms with van der Waals surface area (Å²) in [5.74, 6) is -0.302. The van der Waals surface area contributed by atoms with Gasteiger partial charge in [-0.3, -0.25) is 14.5 Å². The van der Waals surface area contributed by atoms with Gasteiger partial charge >= 0.3 is 5.97 Å². The lowest BCUT2D eigenvalue weighted by Gasteiger charge is -2.13. The largest absolute Gasteiger partial charge is 0.494 e. The van der Waals surface area contributed by atoms with E-state index in [1.54, 1.807) is 6.08 Å². The van der Waals surface area contributed by atoms with Crippen LogP contribution in [0.2, 0.25) is 0 Å². The molecule has 1 N–H and O–H groups in total. The van der Waals surface area contributed by atoms with E-state index in [2.05, 4.69) is 0 Å². The maximum Gasteiger partial charge on any atom is 0.303 e. The number of carbonyl (C=O) groups is 2. The molecule has 1 aliphatic rings. The van der Waals surface area contributed by atoms with E-state index >= 15 is 0 Å². The third kappa shape index (κ3) is 4.80. The number of thioether (sulfide) groups is 1. The Morgan fingerprint density at radius 1 is 1.48 bits per heavy atom. The topological polar surface area (TPSA) is 66.8 Å². The van der Waals surface area contributed by atoms with Crippen LogP contribution in [0.5, 0.6) is 5.75 Å². The molecule has 0 aromatic heterocycles. The van der Waals surface area contributed by atoms with Crippen molar-refractivity contribution in [2.45, 2.75) is 19.8 Å². The average Bonchev–Trinajstić information content (AvgIpc) is 2.75. The smallest absolute Gasteiger partial charge is 0.303 e. The molecule has 0 radical (unpaired) electrons. The lowest BCUT2D eigenvalue weighted by Crippen LogP contribution is -2.29. The Kier molecular flexibility index (Phi) is 6.18. The van der Waals surface area contributed by atoms with Gasteiger partial charge in [0.1, 0.15) is 10.1 Å². The van der Waals surface area contributed by atoms with Crippen LogP contribution in [0, 0.1) is 0 Å². The Morgan fingerprint density at radius 2 is 2.26 bits per heavy atom. The third-order valence-electron chi connectivity index (χ3n) is 3.11. The number of ether oxygens (including phenoxy) is 1. The molecule has 1 saturated heterocycles. The summed E-state index contributed by atoms with van der Waals surface area (Å²) >= 11 is 6.45. The number of amides is 1. The molecule has 1 heterocycles. The number of hydrogen-bond acceptors (Lipinski definition) is 5. The zero-order chi connectivity index (χ0) is 16.8. The SMILES string of the molecule is CCOc1cccc(C=C2SC(=S)N(CCCC(=O)O)C2=O)c1. The fourth-order valence-corrected chi connectivity index (χ4v) is 3.40. The first-order valence-corrected chi connectivity index (χ1v) is 8.43. The number of thiocarbonyl (C=S) groups is 1. The molecule has 23 heavy (non-hydrogen) atoms. The Balaban J connectivity index is 2.08. The van der Waals surface area contributed by atoms with Crippen LogP contribution in [0.4, 0.5) is 0 Å². The highest BCUT2D eigenvalue weighted by molar-refractivity contribution is 8.26. The van der Waals surface area contributed by atoms with Crippen LogP contribution < -0.4 is 4.74 Å². The van der Waals surface area contributed by atoms with Crippen LogP contribution >= 0.6 is 24.0 Å². The van der Waals surface area contributed by atoms with Crippen molar-refractivity contribution in [1.82, 2.24) is 4.90 Å². The summed E-state index contributed by atoms with van der Waals surface area (Å²) in [6.45, 7) is 2.82. The number of carboxylic acids is 1. The Bertz CT molecular complexity index is 657. The molecule has 0 spiro atoms. The monoisotopic (exact) mass is 351 g/mol. The van der Waals surface area contributed by atoms with Gasteiger partial charge in [0.25, 0.3) is 5.91 Å². The summed E-state index contributed by atoms with van der Waals surface area (Å²) in [6, 6.07) is 7.47. The zero-order valence-corrected chi connectivity index (χ0v) is 14.3. The number of nitrogens with zero attached hydrogens (tertiary/aromatic N) is 1. The first-order valence-electron chi connectivity index (χ1n) is 7.21. The van der Waals surface area contributed by atoms with Gasteiger partial charge in [0.2, 0.25) is 0 Å². The number of carboxylic acid groups (broad SMARTS) is 1. The normalized spacial score (nSPS) is 16.2. The molecule has 2 rings (SSSR count). The summed E-state index contributed by atoms with van der Waals surface area (Å²) in [5.41, 5.74) is 0.863. The van der Waals surface area contributed by atoms with Crippen molar-refractivity contribution in [3.8, 4) is 5.75 Å². The van der Waals surface area contributed by atoms with Crippen LogP contribution in [0.1, 0.15) is 25.3 Å². The van der Waals surface area contributed by atoms with Crippen molar-refractivity contribution < 1.29 is 19.4 Å². The van der Waals surface area contributed by atoms with Gasteiger partial charge in [0.05, 0.1) is 11.5 Å². The minimum Gasteiger partial charge on any atom is -0.494 e. The van der Waals surface area contributed by atoms with Crippen LogP contribution in [0.15, 0.2) is 29.2 Å². The molecule has 1 amide bonds. The Morgan fingerprint density at radius 3 is 2.96 bits per heavy atom. The van der Waals surface area contributed by atoms with Gasteiger partial charge in [-0.25, -0.2) is 0 Å². The summed E-state index contributed by atoms with van der Waals surface area (Å²) in [5, 5.41) is 8.67. The fourth-order valence-electron chi connectivity index (χ4n) is 2.09. The van der Waals surface area contributed by atoms with E-state index in [1.165, 1.54) is 16.7 Å². The molecule has 1 aliphatic heterocycles. The van der Waals surface area contributed by atoms with Crippen molar-refractivity contribution in [3.05, 3.63) is 34.7 Å². The highest BCUT2D eigenvalue weighted by atomic mass is 32.2. The van der Waals surface area contributed by atoms with Gasteiger partial charge in [-0.1, -0.05) is 36.1 Å². The molecule has 0 bridgehead atoms.